The summed E-state index contributed by atoms with van der Waals surface area (Å²) < 4.78 is 2.39. The second-order valence-electron chi connectivity index (χ2n) is 6.41. The number of aryl methyl sites for hydroxylation is 1. The number of hydrogen-bond donors (Lipinski definition) is 1. The summed E-state index contributed by atoms with van der Waals surface area (Å²) in [6.07, 6.45) is 11.9. The minimum atomic E-state index is 0.481. The van der Waals surface area contributed by atoms with E-state index in [4.69, 9.17) is 0 Å². The molecule has 1 N–H and O–H groups in total. The number of unbranched alkanes of at least 4 members (excludes halogenated alkanes) is 5. The highest BCUT2D eigenvalue weighted by Gasteiger charge is 2.37. The molecule has 3 rings (SSSR count). The lowest BCUT2D eigenvalue weighted by Gasteiger charge is -2.25. The number of fused-ring (bicyclic) bond motifs is 1. The van der Waals surface area contributed by atoms with Crippen molar-refractivity contribution < 1.29 is 0 Å². The number of aromatic nitrogens is 3. The van der Waals surface area contributed by atoms with Gasteiger partial charge in [0.15, 0.2) is 5.82 Å². The van der Waals surface area contributed by atoms with Crippen molar-refractivity contribution in [3.8, 4) is 0 Å². The van der Waals surface area contributed by atoms with E-state index in [0.29, 0.717) is 6.04 Å². The van der Waals surface area contributed by atoms with Crippen LogP contribution in [0.25, 0.3) is 0 Å². The molecule has 4 heteroatoms. The largest absolute Gasteiger partial charge is 0.312 e. The summed E-state index contributed by atoms with van der Waals surface area (Å²) in [7, 11) is 0. The standard InChI is InChI=1S/C16H28N4/c1-2-3-4-5-6-7-8-14-18-19-16-15(13-9-10-13)17-11-12-20(14)16/h13,15,17H,2-12H2,1H3. The predicted octanol–water partition coefficient (Wildman–Crippen LogP) is 3.24. The first-order chi connectivity index (χ1) is 9.90. The van der Waals surface area contributed by atoms with Gasteiger partial charge in [-0.1, -0.05) is 39.0 Å². The second-order valence-corrected chi connectivity index (χ2v) is 6.41. The lowest BCUT2D eigenvalue weighted by Crippen LogP contribution is -2.35. The Morgan fingerprint density at radius 1 is 1.10 bits per heavy atom. The zero-order valence-corrected chi connectivity index (χ0v) is 12.8. The number of rotatable bonds is 8. The van der Waals surface area contributed by atoms with Crippen molar-refractivity contribution in [2.45, 2.75) is 77.3 Å². The summed E-state index contributed by atoms with van der Waals surface area (Å²) in [5.74, 6) is 3.25. The van der Waals surface area contributed by atoms with Crippen LogP contribution in [0.4, 0.5) is 0 Å². The molecule has 2 heterocycles. The summed E-state index contributed by atoms with van der Waals surface area (Å²) in [5.41, 5.74) is 0. The van der Waals surface area contributed by atoms with Gasteiger partial charge < -0.3 is 9.88 Å². The fourth-order valence-corrected chi connectivity index (χ4v) is 3.30. The molecule has 1 aromatic heterocycles. The summed E-state index contributed by atoms with van der Waals surface area (Å²) in [6.45, 7) is 4.40. The molecule has 0 amide bonds. The zero-order chi connectivity index (χ0) is 13.8. The smallest absolute Gasteiger partial charge is 0.150 e. The molecule has 0 spiro atoms. The Morgan fingerprint density at radius 3 is 2.70 bits per heavy atom. The first kappa shape index (κ1) is 14.1. The van der Waals surface area contributed by atoms with Gasteiger partial charge in [0, 0.05) is 19.5 Å². The van der Waals surface area contributed by atoms with Crippen LogP contribution in [-0.4, -0.2) is 21.3 Å². The Balaban J connectivity index is 1.50. The van der Waals surface area contributed by atoms with Gasteiger partial charge in [-0.25, -0.2) is 0 Å². The SMILES string of the molecule is CCCCCCCCc1nnc2n1CCNC2C1CC1. The van der Waals surface area contributed by atoms with Crippen LogP contribution in [0, 0.1) is 5.92 Å². The summed E-state index contributed by atoms with van der Waals surface area (Å²) in [4.78, 5) is 0. The monoisotopic (exact) mass is 276 g/mol. The number of nitrogens with zero attached hydrogens (tertiary/aromatic N) is 3. The summed E-state index contributed by atoms with van der Waals surface area (Å²) in [6, 6.07) is 0.481. The van der Waals surface area contributed by atoms with Crippen molar-refractivity contribution in [3.05, 3.63) is 11.6 Å². The molecule has 1 aromatic rings. The van der Waals surface area contributed by atoms with E-state index in [2.05, 4.69) is 27.0 Å². The topological polar surface area (TPSA) is 42.7 Å². The fraction of sp³-hybridized carbons (Fsp3) is 0.875. The van der Waals surface area contributed by atoms with Gasteiger partial charge in [-0.2, -0.15) is 0 Å². The first-order valence-corrected chi connectivity index (χ1v) is 8.55. The Morgan fingerprint density at radius 2 is 1.90 bits per heavy atom. The molecule has 1 fully saturated rings. The third-order valence-electron chi connectivity index (χ3n) is 4.68. The highest BCUT2D eigenvalue weighted by Crippen LogP contribution is 2.41. The van der Waals surface area contributed by atoms with Crippen LogP contribution in [0.1, 0.15) is 76.0 Å². The molecule has 0 bridgehead atoms. The van der Waals surface area contributed by atoms with Crippen molar-refractivity contribution in [2.75, 3.05) is 6.54 Å². The van der Waals surface area contributed by atoms with Gasteiger partial charge in [0.1, 0.15) is 5.82 Å². The van der Waals surface area contributed by atoms with E-state index in [0.717, 1.165) is 25.4 Å². The van der Waals surface area contributed by atoms with Gasteiger partial charge in [-0.05, 0) is 25.2 Å². The van der Waals surface area contributed by atoms with E-state index >= 15 is 0 Å². The quantitative estimate of drug-likeness (QED) is 0.741. The zero-order valence-electron chi connectivity index (χ0n) is 12.8. The van der Waals surface area contributed by atoms with Crippen molar-refractivity contribution in [3.63, 3.8) is 0 Å². The summed E-state index contributed by atoms with van der Waals surface area (Å²) >= 11 is 0. The minimum absolute atomic E-state index is 0.481. The van der Waals surface area contributed by atoms with Crippen molar-refractivity contribution in [1.29, 1.82) is 0 Å². The fourth-order valence-electron chi connectivity index (χ4n) is 3.30. The molecule has 1 saturated carbocycles. The molecule has 1 unspecified atom stereocenters. The average Bonchev–Trinajstić information content (AvgIpc) is 3.23. The van der Waals surface area contributed by atoms with Crippen LogP contribution in [0.15, 0.2) is 0 Å². The van der Waals surface area contributed by atoms with Gasteiger partial charge in [-0.15, -0.1) is 10.2 Å². The van der Waals surface area contributed by atoms with Crippen LogP contribution in [-0.2, 0) is 13.0 Å². The van der Waals surface area contributed by atoms with Gasteiger partial charge in [0.05, 0.1) is 6.04 Å². The Labute approximate surface area is 122 Å². The van der Waals surface area contributed by atoms with Crippen molar-refractivity contribution >= 4 is 0 Å². The second kappa shape index (κ2) is 6.70. The van der Waals surface area contributed by atoms with Crippen LogP contribution < -0.4 is 5.32 Å². The number of hydrogen-bond acceptors (Lipinski definition) is 3. The van der Waals surface area contributed by atoms with E-state index in [-0.39, 0.29) is 0 Å². The summed E-state index contributed by atoms with van der Waals surface area (Å²) in [5, 5.41) is 12.6. The molecule has 1 atom stereocenters. The third kappa shape index (κ3) is 3.22. The lowest BCUT2D eigenvalue weighted by molar-refractivity contribution is 0.376. The van der Waals surface area contributed by atoms with Gasteiger partial charge in [-0.3, -0.25) is 0 Å². The molecule has 0 saturated heterocycles. The molecular weight excluding hydrogens is 248 g/mol. The molecule has 1 aliphatic carbocycles. The van der Waals surface area contributed by atoms with E-state index in [1.807, 2.05) is 0 Å². The molecule has 1 aliphatic heterocycles. The molecule has 4 nitrogen and oxygen atoms in total. The average molecular weight is 276 g/mol. The van der Waals surface area contributed by atoms with Crippen LogP contribution >= 0.6 is 0 Å². The Kier molecular flexibility index (Phi) is 4.71. The highest BCUT2D eigenvalue weighted by atomic mass is 15.3. The van der Waals surface area contributed by atoms with Crippen LogP contribution in [0.2, 0.25) is 0 Å². The molecule has 0 radical (unpaired) electrons. The van der Waals surface area contributed by atoms with Crippen LogP contribution in [0.3, 0.4) is 0 Å². The maximum atomic E-state index is 4.48. The Hall–Kier alpha value is -0.900. The highest BCUT2D eigenvalue weighted by molar-refractivity contribution is 5.08. The third-order valence-corrected chi connectivity index (χ3v) is 4.68. The molecule has 112 valence electrons. The maximum absolute atomic E-state index is 4.48. The Bertz CT molecular complexity index is 422. The van der Waals surface area contributed by atoms with E-state index in [1.165, 1.54) is 63.0 Å². The minimum Gasteiger partial charge on any atom is -0.312 e. The van der Waals surface area contributed by atoms with E-state index in [1.54, 1.807) is 0 Å². The molecular formula is C16H28N4. The van der Waals surface area contributed by atoms with E-state index in [9.17, 15) is 0 Å². The van der Waals surface area contributed by atoms with E-state index < -0.39 is 0 Å². The number of nitrogens with one attached hydrogen (secondary N) is 1. The van der Waals surface area contributed by atoms with Crippen molar-refractivity contribution in [2.24, 2.45) is 5.92 Å². The predicted molar refractivity (Wildman–Crippen MR) is 80.6 cm³/mol. The molecule has 0 aromatic carbocycles. The molecule has 2 aliphatic rings. The van der Waals surface area contributed by atoms with Gasteiger partial charge >= 0.3 is 0 Å². The van der Waals surface area contributed by atoms with Gasteiger partial charge in [0.25, 0.3) is 0 Å². The first-order valence-electron chi connectivity index (χ1n) is 8.55. The van der Waals surface area contributed by atoms with Crippen molar-refractivity contribution in [1.82, 2.24) is 20.1 Å². The maximum Gasteiger partial charge on any atom is 0.150 e. The molecule has 20 heavy (non-hydrogen) atoms. The lowest BCUT2D eigenvalue weighted by atomic mass is 10.1. The normalized spacial score (nSPS) is 21.9. The van der Waals surface area contributed by atoms with Gasteiger partial charge in [0.2, 0.25) is 0 Å². The van der Waals surface area contributed by atoms with Crippen LogP contribution in [0.5, 0.6) is 0 Å².